The highest BCUT2D eigenvalue weighted by Gasteiger charge is 2.43. The van der Waals surface area contributed by atoms with Crippen molar-refractivity contribution < 1.29 is 9.59 Å². The molecule has 4 nitrogen and oxygen atoms in total. The highest BCUT2D eigenvalue weighted by molar-refractivity contribution is 5.98. The standard InChI is InChI=1S/C16H22N2O2/c1-3-4-8-11-18-12-14(19)17-16(2,15(18)20)13-9-6-5-7-10-13/h5-7,9-10H,3-4,8,11-12H2,1-2H3,(H,17,19). The van der Waals surface area contributed by atoms with E-state index in [1.165, 1.54) is 0 Å². The predicted octanol–water partition coefficient (Wildman–Crippen LogP) is 2.05. The van der Waals surface area contributed by atoms with Gasteiger partial charge in [0.15, 0.2) is 0 Å². The Kier molecular flexibility index (Phi) is 4.42. The highest BCUT2D eigenvalue weighted by Crippen LogP contribution is 2.26. The largest absolute Gasteiger partial charge is 0.337 e. The maximum Gasteiger partial charge on any atom is 0.253 e. The Morgan fingerprint density at radius 1 is 1.20 bits per heavy atom. The van der Waals surface area contributed by atoms with Gasteiger partial charge in [-0.15, -0.1) is 0 Å². The van der Waals surface area contributed by atoms with Gasteiger partial charge in [-0.05, 0) is 18.9 Å². The van der Waals surface area contributed by atoms with Gasteiger partial charge in [0.05, 0.1) is 6.54 Å². The third kappa shape index (κ3) is 2.84. The molecule has 1 N–H and O–H groups in total. The molecule has 0 bridgehead atoms. The zero-order chi connectivity index (χ0) is 14.6. The predicted molar refractivity (Wildman–Crippen MR) is 78.0 cm³/mol. The molecule has 1 saturated heterocycles. The molecule has 2 rings (SSSR count). The number of rotatable bonds is 5. The van der Waals surface area contributed by atoms with Crippen molar-refractivity contribution in [3.8, 4) is 0 Å². The van der Waals surface area contributed by atoms with Crippen LogP contribution in [0, 0.1) is 0 Å². The quantitative estimate of drug-likeness (QED) is 0.835. The van der Waals surface area contributed by atoms with E-state index in [-0.39, 0.29) is 18.4 Å². The molecule has 1 heterocycles. The van der Waals surface area contributed by atoms with Gasteiger partial charge in [-0.1, -0.05) is 50.1 Å². The van der Waals surface area contributed by atoms with E-state index < -0.39 is 5.54 Å². The Morgan fingerprint density at radius 3 is 2.55 bits per heavy atom. The van der Waals surface area contributed by atoms with Crippen molar-refractivity contribution in [1.82, 2.24) is 10.2 Å². The summed E-state index contributed by atoms with van der Waals surface area (Å²) in [4.78, 5) is 26.3. The lowest BCUT2D eigenvalue weighted by Gasteiger charge is -2.40. The summed E-state index contributed by atoms with van der Waals surface area (Å²) in [5, 5.41) is 2.85. The summed E-state index contributed by atoms with van der Waals surface area (Å²) < 4.78 is 0. The second-order valence-electron chi connectivity index (χ2n) is 5.47. The van der Waals surface area contributed by atoms with E-state index in [9.17, 15) is 9.59 Å². The molecule has 4 heteroatoms. The van der Waals surface area contributed by atoms with Crippen LogP contribution in [0.15, 0.2) is 30.3 Å². The van der Waals surface area contributed by atoms with Crippen LogP contribution in [0.25, 0.3) is 0 Å². The number of amides is 2. The molecule has 2 amide bonds. The lowest BCUT2D eigenvalue weighted by atomic mass is 9.88. The third-order valence-electron chi connectivity index (χ3n) is 3.82. The fourth-order valence-electron chi connectivity index (χ4n) is 2.63. The van der Waals surface area contributed by atoms with E-state index in [0.717, 1.165) is 24.8 Å². The molecule has 1 aliphatic rings. The van der Waals surface area contributed by atoms with E-state index in [1.54, 1.807) is 11.8 Å². The Morgan fingerprint density at radius 2 is 1.90 bits per heavy atom. The van der Waals surface area contributed by atoms with Crippen molar-refractivity contribution in [1.29, 1.82) is 0 Å². The Labute approximate surface area is 120 Å². The second-order valence-corrected chi connectivity index (χ2v) is 5.47. The molecular weight excluding hydrogens is 252 g/mol. The molecular formula is C16H22N2O2. The number of hydrogen-bond donors (Lipinski definition) is 1. The number of unbranched alkanes of at least 4 members (excludes halogenated alkanes) is 2. The van der Waals surface area contributed by atoms with E-state index in [0.29, 0.717) is 6.54 Å². The molecule has 20 heavy (non-hydrogen) atoms. The van der Waals surface area contributed by atoms with Crippen LogP contribution in [0.4, 0.5) is 0 Å². The highest BCUT2D eigenvalue weighted by atomic mass is 16.2. The molecule has 1 aliphatic heterocycles. The lowest BCUT2D eigenvalue weighted by molar-refractivity contribution is -0.149. The van der Waals surface area contributed by atoms with Crippen molar-refractivity contribution in [2.45, 2.75) is 38.6 Å². The van der Waals surface area contributed by atoms with E-state index in [1.807, 2.05) is 30.3 Å². The van der Waals surface area contributed by atoms with Crippen LogP contribution in [-0.2, 0) is 15.1 Å². The van der Waals surface area contributed by atoms with E-state index >= 15 is 0 Å². The smallest absolute Gasteiger partial charge is 0.253 e. The third-order valence-corrected chi connectivity index (χ3v) is 3.82. The molecule has 0 aliphatic carbocycles. The summed E-state index contributed by atoms with van der Waals surface area (Å²) in [6.45, 7) is 4.74. The number of carbonyl (C=O) groups is 2. The zero-order valence-corrected chi connectivity index (χ0v) is 12.2. The molecule has 1 aromatic rings. The van der Waals surface area contributed by atoms with E-state index in [4.69, 9.17) is 0 Å². The van der Waals surface area contributed by atoms with Crippen molar-refractivity contribution in [2.75, 3.05) is 13.1 Å². The van der Waals surface area contributed by atoms with Crippen LogP contribution in [0.1, 0.15) is 38.7 Å². The SMILES string of the molecule is CCCCCN1CC(=O)NC(C)(c2ccccc2)C1=O. The molecule has 1 fully saturated rings. The maximum atomic E-state index is 12.7. The van der Waals surface area contributed by atoms with Gasteiger partial charge in [0.1, 0.15) is 5.54 Å². The average molecular weight is 274 g/mol. The summed E-state index contributed by atoms with van der Waals surface area (Å²) in [6, 6.07) is 9.44. The molecule has 0 aromatic heterocycles. The van der Waals surface area contributed by atoms with Gasteiger partial charge in [-0.3, -0.25) is 9.59 Å². The minimum Gasteiger partial charge on any atom is -0.337 e. The number of hydrogen-bond acceptors (Lipinski definition) is 2. The number of nitrogens with zero attached hydrogens (tertiary/aromatic N) is 1. The summed E-state index contributed by atoms with van der Waals surface area (Å²) in [5.41, 5.74) is -0.110. The van der Waals surface area contributed by atoms with E-state index in [2.05, 4.69) is 12.2 Å². The van der Waals surface area contributed by atoms with Crippen molar-refractivity contribution >= 4 is 11.8 Å². The van der Waals surface area contributed by atoms with Gasteiger partial charge < -0.3 is 10.2 Å². The van der Waals surface area contributed by atoms with Crippen LogP contribution in [0.2, 0.25) is 0 Å². The first-order chi connectivity index (χ1) is 9.58. The second kappa shape index (κ2) is 6.07. The van der Waals surface area contributed by atoms with Gasteiger partial charge in [-0.2, -0.15) is 0 Å². The molecule has 1 atom stereocenters. The maximum absolute atomic E-state index is 12.7. The van der Waals surface area contributed by atoms with Crippen LogP contribution < -0.4 is 5.32 Å². The van der Waals surface area contributed by atoms with Gasteiger partial charge in [0, 0.05) is 6.54 Å². The first-order valence-corrected chi connectivity index (χ1v) is 7.24. The number of carbonyl (C=O) groups excluding carboxylic acids is 2. The summed E-state index contributed by atoms with van der Waals surface area (Å²) in [6.07, 6.45) is 3.12. The normalized spacial score (nSPS) is 22.8. The number of benzene rings is 1. The first kappa shape index (κ1) is 14.6. The fourth-order valence-corrected chi connectivity index (χ4v) is 2.63. The van der Waals surface area contributed by atoms with Gasteiger partial charge >= 0.3 is 0 Å². The lowest BCUT2D eigenvalue weighted by Crippen LogP contribution is -2.63. The van der Waals surface area contributed by atoms with Crippen LogP contribution in [-0.4, -0.2) is 29.8 Å². The Balaban J connectivity index is 2.20. The topological polar surface area (TPSA) is 49.4 Å². The monoisotopic (exact) mass is 274 g/mol. The van der Waals surface area contributed by atoms with Crippen LogP contribution in [0.3, 0.4) is 0 Å². The molecule has 0 spiro atoms. The number of piperazine rings is 1. The molecule has 1 unspecified atom stereocenters. The first-order valence-electron chi connectivity index (χ1n) is 7.24. The average Bonchev–Trinajstić information content (AvgIpc) is 2.45. The molecule has 0 radical (unpaired) electrons. The fraction of sp³-hybridized carbons (Fsp3) is 0.500. The minimum atomic E-state index is -0.942. The Hall–Kier alpha value is -1.84. The summed E-state index contributed by atoms with van der Waals surface area (Å²) in [7, 11) is 0. The van der Waals surface area contributed by atoms with Gasteiger partial charge in [-0.25, -0.2) is 0 Å². The van der Waals surface area contributed by atoms with Crippen molar-refractivity contribution in [3.05, 3.63) is 35.9 Å². The van der Waals surface area contributed by atoms with Crippen molar-refractivity contribution in [2.24, 2.45) is 0 Å². The Bertz CT molecular complexity index is 487. The minimum absolute atomic E-state index is 0.0144. The summed E-state index contributed by atoms with van der Waals surface area (Å²) in [5.74, 6) is -0.105. The molecule has 108 valence electrons. The molecule has 0 saturated carbocycles. The van der Waals surface area contributed by atoms with Crippen LogP contribution in [0.5, 0.6) is 0 Å². The van der Waals surface area contributed by atoms with Gasteiger partial charge in [0.2, 0.25) is 5.91 Å². The van der Waals surface area contributed by atoms with Crippen LogP contribution >= 0.6 is 0 Å². The zero-order valence-electron chi connectivity index (χ0n) is 12.2. The molecule has 1 aromatic carbocycles. The summed E-state index contributed by atoms with van der Waals surface area (Å²) >= 11 is 0. The van der Waals surface area contributed by atoms with Crippen molar-refractivity contribution in [3.63, 3.8) is 0 Å². The van der Waals surface area contributed by atoms with Gasteiger partial charge in [0.25, 0.3) is 5.91 Å². The number of nitrogens with one attached hydrogen (secondary N) is 1.